The number of carboxylic acid groups (broad SMARTS) is 1. The molecule has 1 saturated heterocycles. The molecule has 74 valence electrons. The van der Waals surface area contributed by atoms with Gasteiger partial charge < -0.3 is 14.8 Å². The van der Waals surface area contributed by atoms with Gasteiger partial charge in [-0.15, -0.1) is 0 Å². The van der Waals surface area contributed by atoms with Crippen LogP contribution in [0.4, 0.5) is 0 Å². The van der Waals surface area contributed by atoms with Crippen molar-refractivity contribution in [1.82, 2.24) is 0 Å². The predicted octanol–water partition coefficient (Wildman–Crippen LogP) is 0.901. The van der Waals surface area contributed by atoms with Crippen molar-refractivity contribution >= 4 is 13.1 Å². The van der Waals surface area contributed by atoms with Gasteiger partial charge in [0.05, 0.1) is 12.5 Å². The molecule has 0 spiro atoms. The van der Waals surface area contributed by atoms with Gasteiger partial charge in [-0.1, -0.05) is 13.3 Å². The van der Waals surface area contributed by atoms with E-state index in [2.05, 4.69) is 0 Å². The number of hydrogen-bond acceptors (Lipinski definition) is 3. The molecule has 13 heavy (non-hydrogen) atoms. The van der Waals surface area contributed by atoms with E-state index in [9.17, 15) is 9.82 Å². The number of hydrogen-bond donors (Lipinski definition) is 2. The molecular formula is C8H15BO4. The summed E-state index contributed by atoms with van der Waals surface area (Å²) in [5.74, 6) is -0.697. The van der Waals surface area contributed by atoms with Crippen molar-refractivity contribution in [1.29, 1.82) is 0 Å². The third-order valence-corrected chi connectivity index (χ3v) is 2.52. The fourth-order valence-corrected chi connectivity index (χ4v) is 1.67. The second-order valence-corrected chi connectivity index (χ2v) is 3.49. The summed E-state index contributed by atoms with van der Waals surface area (Å²) in [6, 6.07) is 0. The van der Waals surface area contributed by atoms with Crippen LogP contribution in [0.25, 0.3) is 0 Å². The van der Waals surface area contributed by atoms with Crippen LogP contribution in [0.5, 0.6) is 0 Å². The Kier molecular flexibility index (Phi) is 3.75. The zero-order valence-corrected chi connectivity index (χ0v) is 7.77. The monoisotopic (exact) mass is 186 g/mol. The van der Waals surface area contributed by atoms with Gasteiger partial charge >= 0.3 is 13.1 Å². The zero-order chi connectivity index (χ0) is 9.84. The molecule has 0 aliphatic carbocycles. The molecule has 0 saturated carbocycles. The van der Waals surface area contributed by atoms with Crippen LogP contribution in [-0.4, -0.2) is 29.3 Å². The first-order chi connectivity index (χ1) is 6.13. The summed E-state index contributed by atoms with van der Waals surface area (Å²) in [7, 11) is -0.775. The van der Waals surface area contributed by atoms with Gasteiger partial charge in [-0.25, -0.2) is 0 Å². The largest absolute Gasteiger partial charge is 0.481 e. The second kappa shape index (κ2) is 4.62. The van der Waals surface area contributed by atoms with E-state index in [1.807, 2.05) is 6.92 Å². The Labute approximate surface area is 78.0 Å². The second-order valence-electron chi connectivity index (χ2n) is 3.49. The van der Waals surface area contributed by atoms with Crippen LogP contribution in [0.15, 0.2) is 0 Å². The van der Waals surface area contributed by atoms with E-state index in [0.717, 1.165) is 19.3 Å². The quantitative estimate of drug-likeness (QED) is 0.642. The van der Waals surface area contributed by atoms with Crippen LogP contribution in [0.2, 0.25) is 5.82 Å². The number of carboxylic acids is 1. The van der Waals surface area contributed by atoms with E-state index in [1.54, 1.807) is 0 Å². The molecule has 4 nitrogen and oxygen atoms in total. The van der Waals surface area contributed by atoms with Gasteiger partial charge in [0.25, 0.3) is 0 Å². The summed E-state index contributed by atoms with van der Waals surface area (Å²) >= 11 is 0. The lowest BCUT2D eigenvalue weighted by molar-refractivity contribution is -0.139. The summed E-state index contributed by atoms with van der Waals surface area (Å²) in [5, 5.41) is 18.0. The average molecular weight is 186 g/mol. The van der Waals surface area contributed by atoms with Crippen molar-refractivity contribution in [3.05, 3.63) is 0 Å². The maximum Gasteiger partial charge on any atom is 0.457 e. The van der Waals surface area contributed by atoms with E-state index in [-0.39, 0.29) is 18.3 Å². The molecule has 0 aromatic heterocycles. The zero-order valence-electron chi connectivity index (χ0n) is 7.77. The highest BCUT2D eigenvalue weighted by Crippen LogP contribution is 2.29. The van der Waals surface area contributed by atoms with Gasteiger partial charge in [-0.3, -0.25) is 4.79 Å². The summed E-state index contributed by atoms with van der Waals surface area (Å²) < 4.78 is 5.18. The average Bonchev–Trinajstić information content (AvgIpc) is 2.03. The molecule has 2 N–H and O–H groups in total. The molecular weight excluding hydrogens is 171 g/mol. The van der Waals surface area contributed by atoms with Gasteiger partial charge in [-0.2, -0.15) is 0 Å². The normalized spacial score (nSPS) is 28.9. The third kappa shape index (κ3) is 3.01. The van der Waals surface area contributed by atoms with Crippen molar-refractivity contribution in [3.8, 4) is 0 Å². The number of aliphatic carboxylic acids is 1. The highest BCUT2D eigenvalue weighted by molar-refractivity contribution is 6.45. The summed E-state index contributed by atoms with van der Waals surface area (Å²) in [6.07, 6.45) is 2.15. The highest BCUT2D eigenvalue weighted by Gasteiger charge is 2.34. The molecule has 0 bridgehead atoms. The van der Waals surface area contributed by atoms with Crippen LogP contribution in [0, 0.1) is 0 Å². The van der Waals surface area contributed by atoms with Crippen LogP contribution < -0.4 is 0 Å². The maximum atomic E-state index is 10.4. The van der Waals surface area contributed by atoms with Crippen molar-refractivity contribution in [2.45, 2.75) is 44.5 Å². The lowest BCUT2D eigenvalue weighted by Crippen LogP contribution is -2.36. The first kappa shape index (κ1) is 10.5. The van der Waals surface area contributed by atoms with Crippen LogP contribution >= 0.6 is 0 Å². The van der Waals surface area contributed by atoms with Crippen molar-refractivity contribution in [2.24, 2.45) is 0 Å². The van der Waals surface area contributed by atoms with E-state index in [1.165, 1.54) is 0 Å². The van der Waals surface area contributed by atoms with Crippen molar-refractivity contribution < 1.29 is 19.6 Å². The van der Waals surface area contributed by atoms with Crippen LogP contribution in [0.1, 0.15) is 32.6 Å². The minimum atomic E-state index is -0.868. The van der Waals surface area contributed by atoms with E-state index in [4.69, 9.17) is 9.76 Å². The SMILES string of the molecule is CCC1CC[C@@H](CC(=O)O)OB1O. The molecule has 1 aliphatic heterocycles. The lowest BCUT2D eigenvalue weighted by Gasteiger charge is -2.29. The topological polar surface area (TPSA) is 66.8 Å². The van der Waals surface area contributed by atoms with Gasteiger partial charge in [0.2, 0.25) is 0 Å². The molecule has 0 aromatic rings. The smallest absolute Gasteiger partial charge is 0.457 e. The number of carbonyl (C=O) groups is 1. The Bertz CT molecular complexity index is 185. The fraction of sp³-hybridized carbons (Fsp3) is 0.875. The van der Waals surface area contributed by atoms with Crippen molar-refractivity contribution in [2.75, 3.05) is 0 Å². The standard InChI is InChI=1S/C8H15BO4/c1-2-6-3-4-7(5-8(10)11)13-9(6)12/h6-7,12H,2-5H2,1H3,(H,10,11)/t6?,7-/m0/s1. The third-order valence-electron chi connectivity index (χ3n) is 2.52. The fourth-order valence-electron chi connectivity index (χ4n) is 1.67. The van der Waals surface area contributed by atoms with Gasteiger partial charge in [0.1, 0.15) is 0 Å². The van der Waals surface area contributed by atoms with E-state index < -0.39 is 13.1 Å². The number of rotatable bonds is 3. The molecule has 1 fully saturated rings. The molecule has 1 aliphatic rings. The Balaban J connectivity index is 2.36. The molecule has 1 rings (SSSR count). The molecule has 0 radical (unpaired) electrons. The van der Waals surface area contributed by atoms with Gasteiger partial charge in [-0.05, 0) is 18.7 Å². The lowest BCUT2D eigenvalue weighted by atomic mass is 9.65. The van der Waals surface area contributed by atoms with E-state index >= 15 is 0 Å². The molecule has 0 aromatic carbocycles. The molecule has 5 heteroatoms. The van der Waals surface area contributed by atoms with Crippen molar-refractivity contribution in [3.63, 3.8) is 0 Å². The summed E-state index contributed by atoms with van der Waals surface area (Å²) in [4.78, 5) is 10.4. The van der Waals surface area contributed by atoms with E-state index in [0.29, 0.717) is 0 Å². The molecule has 2 atom stereocenters. The Morgan fingerprint density at radius 2 is 2.31 bits per heavy atom. The predicted molar refractivity (Wildman–Crippen MR) is 48.4 cm³/mol. The Morgan fingerprint density at radius 1 is 1.62 bits per heavy atom. The Hall–Kier alpha value is -0.545. The first-order valence-corrected chi connectivity index (χ1v) is 4.68. The Morgan fingerprint density at radius 3 is 2.77 bits per heavy atom. The van der Waals surface area contributed by atoms with Crippen LogP contribution in [-0.2, 0) is 9.45 Å². The summed E-state index contributed by atoms with van der Waals surface area (Å²) in [5.41, 5.74) is 0. The van der Waals surface area contributed by atoms with Gasteiger partial charge in [0.15, 0.2) is 0 Å². The molecule has 0 amide bonds. The summed E-state index contributed by atoms with van der Waals surface area (Å²) in [6.45, 7) is 1.99. The minimum absolute atomic E-state index is 0.00645. The van der Waals surface area contributed by atoms with Gasteiger partial charge in [0, 0.05) is 0 Å². The molecule has 1 heterocycles. The molecule has 1 unspecified atom stereocenters. The highest BCUT2D eigenvalue weighted by atomic mass is 16.5. The van der Waals surface area contributed by atoms with Crippen LogP contribution in [0.3, 0.4) is 0 Å². The maximum absolute atomic E-state index is 10.4. The first-order valence-electron chi connectivity index (χ1n) is 4.68. The minimum Gasteiger partial charge on any atom is -0.481 e.